The fourth-order valence-corrected chi connectivity index (χ4v) is 5.04. The van der Waals surface area contributed by atoms with Crippen LogP contribution < -0.4 is 0 Å². The van der Waals surface area contributed by atoms with Crippen molar-refractivity contribution in [3.63, 3.8) is 0 Å². The quantitative estimate of drug-likeness (QED) is 0.125. The summed E-state index contributed by atoms with van der Waals surface area (Å²) in [5.41, 5.74) is 9.11. The van der Waals surface area contributed by atoms with Crippen molar-refractivity contribution in [2.24, 2.45) is 0 Å². The molecule has 0 aliphatic heterocycles. The van der Waals surface area contributed by atoms with Crippen LogP contribution >= 0.6 is 0 Å². The predicted octanol–water partition coefficient (Wildman–Crippen LogP) is 10.1. The van der Waals surface area contributed by atoms with Crippen molar-refractivity contribution in [3.05, 3.63) is 76.8 Å². The second-order valence-electron chi connectivity index (χ2n) is 14.1. The molecule has 2 aromatic carbocycles. The summed E-state index contributed by atoms with van der Waals surface area (Å²) in [6.45, 7) is 25.6. The van der Waals surface area contributed by atoms with E-state index in [1.54, 1.807) is 0 Å². The molecular formula is C38H53BiN7O. The van der Waals surface area contributed by atoms with E-state index in [2.05, 4.69) is 148 Å². The molecule has 9 heteroatoms. The van der Waals surface area contributed by atoms with Crippen molar-refractivity contribution in [3.8, 4) is 5.75 Å². The number of aromatic hydroxyl groups is 1. The summed E-state index contributed by atoms with van der Waals surface area (Å²) in [6, 6.07) is 14.6. The summed E-state index contributed by atoms with van der Waals surface area (Å²) in [5, 5.41) is 10.1. The van der Waals surface area contributed by atoms with Gasteiger partial charge in [-0.1, -0.05) is 95.2 Å². The zero-order chi connectivity index (χ0) is 33.9. The third-order valence-corrected chi connectivity index (χ3v) is 8.11. The number of fused-ring (bicyclic) bond motifs is 3. The number of H-pyrrole nitrogens is 3. The van der Waals surface area contributed by atoms with Gasteiger partial charge in [-0.15, -0.1) is 0 Å². The summed E-state index contributed by atoms with van der Waals surface area (Å²) in [4.78, 5) is 27.9. The van der Waals surface area contributed by atoms with Gasteiger partial charge in [0.1, 0.15) is 28.7 Å². The Labute approximate surface area is 299 Å². The van der Waals surface area contributed by atoms with Gasteiger partial charge < -0.3 is 20.1 Å². The molecule has 3 radical (unpaired) electrons. The van der Waals surface area contributed by atoms with E-state index in [4.69, 9.17) is 0 Å². The summed E-state index contributed by atoms with van der Waals surface area (Å²) in [5.74, 6) is 5.87. The van der Waals surface area contributed by atoms with Crippen LogP contribution in [-0.4, -0.2) is 66.2 Å². The summed E-state index contributed by atoms with van der Waals surface area (Å²) in [7, 11) is 0. The Hall–Kier alpha value is -3.32. The standard InChI is InChI=1S/C13H18N2O.C13H18N2.C12H17N3.Bi/c1-7(2)9-5-6-10-11(12(9)16)15-13(14-10)8(3)4;1-8(2)10-5-6-11-12(7-10)15-13(14-11)9(3)4;1-7(2)9-5-6-10-12(13-9)15-11(14-10)8(3)4;/h5-8,16H,1-4H3,(H,14,15);5-9H,1-4H3,(H,14,15);5-8H,1-4H3,(H,13,14,15);. The molecule has 251 valence electrons. The number of phenols is 1. The Morgan fingerprint density at radius 2 is 1.06 bits per heavy atom. The van der Waals surface area contributed by atoms with Gasteiger partial charge in [-0.2, -0.15) is 0 Å². The average molecular weight is 833 g/mol. The van der Waals surface area contributed by atoms with Crippen LogP contribution in [0.1, 0.15) is 153 Å². The minimum atomic E-state index is 0. The molecular weight excluding hydrogens is 779 g/mol. The van der Waals surface area contributed by atoms with Crippen molar-refractivity contribution in [1.82, 2.24) is 34.9 Å². The molecule has 8 nitrogen and oxygen atoms in total. The minimum Gasteiger partial charge on any atom is -0.505 e. The molecule has 0 bridgehead atoms. The van der Waals surface area contributed by atoms with Gasteiger partial charge in [-0.05, 0) is 59.2 Å². The minimum absolute atomic E-state index is 0. The zero-order valence-electron chi connectivity index (χ0n) is 30.2. The maximum absolute atomic E-state index is 10.1. The molecule has 0 saturated heterocycles. The molecule has 0 amide bonds. The number of benzene rings is 2. The number of nitrogens with zero attached hydrogens (tertiary/aromatic N) is 4. The number of hydrogen-bond donors (Lipinski definition) is 4. The monoisotopic (exact) mass is 832 g/mol. The van der Waals surface area contributed by atoms with Crippen molar-refractivity contribution in [1.29, 1.82) is 0 Å². The number of phenolic OH excluding ortho intramolecular Hbond substituents is 1. The van der Waals surface area contributed by atoms with Crippen molar-refractivity contribution in [2.45, 2.75) is 119 Å². The van der Waals surface area contributed by atoms with Gasteiger partial charge in [0.2, 0.25) is 0 Å². The Morgan fingerprint density at radius 3 is 1.64 bits per heavy atom. The molecule has 4 aromatic heterocycles. The Balaban J connectivity index is 0.000000190. The van der Waals surface area contributed by atoms with Gasteiger partial charge in [0.05, 0.1) is 22.1 Å². The Morgan fingerprint density at radius 1 is 0.511 bits per heavy atom. The van der Waals surface area contributed by atoms with Gasteiger partial charge in [-0.25, -0.2) is 19.9 Å². The topological polar surface area (TPSA) is 119 Å². The first-order valence-corrected chi connectivity index (χ1v) is 16.7. The van der Waals surface area contributed by atoms with E-state index < -0.39 is 0 Å². The number of imidazole rings is 3. The second kappa shape index (κ2) is 16.2. The van der Waals surface area contributed by atoms with Gasteiger partial charge in [0, 0.05) is 49.7 Å². The van der Waals surface area contributed by atoms with Crippen LogP contribution in [0, 0.1) is 0 Å². The van der Waals surface area contributed by atoms with Crippen LogP contribution in [0.3, 0.4) is 0 Å². The number of aromatic nitrogens is 7. The molecule has 0 unspecified atom stereocenters. The van der Waals surface area contributed by atoms with E-state index >= 15 is 0 Å². The number of rotatable bonds is 6. The maximum Gasteiger partial charge on any atom is 0.177 e. The Kier molecular flexibility index (Phi) is 13.1. The predicted molar refractivity (Wildman–Crippen MR) is 198 cm³/mol. The largest absolute Gasteiger partial charge is 0.505 e. The molecule has 6 aromatic rings. The molecule has 6 rings (SSSR count). The molecule has 0 aliphatic carbocycles. The number of hydrogen-bond acceptors (Lipinski definition) is 5. The van der Waals surface area contributed by atoms with Gasteiger partial charge in [0.25, 0.3) is 0 Å². The van der Waals surface area contributed by atoms with Crippen LogP contribution in [0.15, 0.2) is 42.5 Å². The number of nitrogens with one attached hydrogen (secondary N) is 3. The first kappa shape index (κ1) is 38.1. The van der Waals surface area contributed by atoms with Gasteiger partial charge >= 0.3 is 0 Å². The first-order valence-electron chi connectivity index (χ1n) is 16.7. The van der Waals surface area contributed by atoms with Crippen LogP contribution in [0.5, 0.6) is 5.75 Å². The van der Waals surface area contributed by atoms with Crippen molar-refractivity contribution >= 4 is 59.4 Å². The SMILES string of the molecule is CC(C)c1ccc2[nH]c(C(C)C)nc2n1.CC(C)c1ccc2nc(C(C)C)[nH]c2c1.CC(C)c1nc2c(O)c(C(C)C)ccc2[nH]1.[Bi]. The van der Waals surface area contributed by atoms with Crippen LogP contribution in [0.2, 0.25) is 0 Å². The molecule has 4 heterocycles. The maximum atomic E-state index is 10.1. The third-order valence-electron chi connectivity index (χ3n) is 8.11. The number of aromatic amines is 3. The van der Waals surface area contributed by atoms with Crippen LogP contribution in [0.4, 0.5) is 0 Å². The molecule has 0 fully saturated rings. The Bertz CT molecular complexity index is 1790. The van der Waals surface area contributed by atoms with E-state index in [1.807, 2.05) is 12.1 Å². The molecule has 0 atom stereocenters. The van der Waals surface area contributed by atoms with Gasteiger partial charge in [-0.3, -0.25) is 0 Å². The molecule has 0 aliphatic rings. The smallest absolute Gasteiger partial charge is 0.177 e. The van der Waals surface area contributed by atoms with E-state index in [-0.39, 0.29) is 26.2 Å². The summed E-state index contributed by atoms with van der Waals surface area (Å²) >= 11 is 0. The van der Waals surface area contributed by atoms with E-state index in [9.17, 15) is 5.11 Å². The molecule has 4 N–H and O–H groups in total. The van der Waals surface area contributed by atoms with Crippen molar-refractivity contribution in [2.75, 3.05) is 0 Å². The number of pyridine rings is 1. The van der Waals surface area contributed by atoms with Crippen molar-refractivity contribution < 1.29 is 5.11 Å². The second-order valence-corrected chi connectivity index (χ2v) is 14.1. The van der Waals surface area contributed by atoms with Crippen LogP contribution in [-0.2, 0) is 0 Å². The van der Waals surface area contributed by atoms with E-state index in [0.717, 1.165) is 56.4 Å². The molecule has 0 spiro atoms. The average Bonchev–Trinajstić information content (AvgIpc) is 3.74. The summed E-state index contributed by atoms with van der Waals surface area (Å²) in [6.07, 6.45) is 0. The van der Waals surface area contributed by atoms with E-state index in [1.165, 1.54) is 5.56 Å². The molecule has 47 heavy (non-hydrogen) atoms. The third kappa shape index (κ3) is 9.19. The van der Waals surface area contributed by atoms with E-state index in [0.29, 0.717) is 46.8 Å². The van der Waals surface area contributed by atoms with Crippen LogP contribution in [0.25, 0.3) is 33.2 Å². The first-order chi connectivity index (χ1) is 21.7. The normalized spacial score (nSPS) is 11.6. The molecule has 0 saturated carbocycles. The van der Waals surface area contributed by atoms with Gasteiger partial charge in [0.15, 0.2) is 5.65 Å². The zero-order valence-corrected chi connectivity index (χ0v) is 33.7. The summed E-state index contributed by atoms with van der Waals surface area (Å²) < 4.78 is 0. The fraction of sp³-hybridized carbons (Fsp3) is 0.474. The fourth-order valence-electron chi connectivity index (χ4n) is 5.04.